The second-order valence-electron chi connectivity index (χ2n) is 11.0. The van der Waals surface area contributed by atoms with Crippen molar-refractivity contribution in [1.82, 2.24) is 10.2 Å². The zero-order valence-corrected chi connectivity index (χ0v) is 28.5. The molecule has 0 fully saturated rings. The number of anilines is 1. The maximum atomic E-state index is 14.5. The number of methoxy groups -OCH3 is 1. The van der Waals surface area contributed by atoms with Crippen molar-refractivity contribution in [3.8, 4) is 5.75 Å². The lowest BCUT2D eigenvalue weighted by Crippen LogP contribution is -2.54. The summed E-state index contributed by atoms with van der Waals surface area (Å²) in [7, 11) is -2.91. The molecule has 4 aromatic carbocycles. The van der Waals surface area contributed by atoms with Crippen molar-refractivity contribution >= 4 is 50.7 Å². The van der Waals surface area contributed by atoms with Gasteiger partial charge in [0.2, 0.25) is 11.8 Å². The number of rotatable bonds is 14. The number of nitrogens with zero attached hydrogens (tertiary/aromatic N) is 2. The summed E-state index contributed by atoms with van der Waals surface area (Å²) in [5.41, 5.74) is 1.44. The van der Waals surface area contributed by atoms with Crippen molar-refractivity contribution in [2.75, 3.05) is 18.0 Å². The highest BCUT2D eigenvalue weighted by Gasteiger charge is 2.35. The van der Waals surface area contributed by atoms with E-state index in [0.717, 1.165) is 22.0 Å². The molecule has 4 rings (SSSR count). The average Bonchev–Trinajstić information content (AvgIpc) is 3.07. The lowest BCUT2D eigenvalue weighted by Gasteiger charge is -2.34. The van der Waals surface area contributed by atoms with Crippen LogP contribution in [0.5, 0.6) is 5.75 Å². The normalized spacial score (nSPS) is 12.6. The van der Waals surface area contributed by atoms with Crippen LogP contribution in [-0.2, 0) is 32.6 Å². The molecule has 0 aliphatic carbocycles. The highest BCUT2D eigenvalue weighted by atomic mass is 35.5. The van der Waals surface area contributed by atoms with Crippen molar-refractivity contribution in [1.29, 1.82) is 0 Å². The summed E-state index contributed by atoms with van der Waals surface area (Å²) < 4.78 is 48.3. The van der Waals surface area contributed by atoms with Crippen molar-refractivity contribution < 1.29 is 27.1 Å². The predicted molar refractivity (Wildman–Crippen MR) is 183 cm³/mol. The van der Waals surface area contributed by atoms with E-state index in [4.69, 9.17) is 27.9 Å². The molecule has 0 aliphatic rings. The fraction of sp³-hybridized carbons (Fsp3) is 0.257. The highest BCUT2D eigenvalue weighted by Crippen LogP contribution is 2.28. The van der Waals surface area contributed by atoms with Crippen LogP contribution in [0.15, 0.2) is 102 Å². The third-order valence-electron chi connectivity index (χ3n) is 7.65. The third kappa shape index (κ3) is 9.24. The Hall–Kier alpha value is -4.12. The minimum absolute atomic E-state index is 0.0636. The molecule has 4 aromatic rings. The van der Waals surface area contributed by atoms with Gasteiger partial charge in [0.15, 0.2) is 0 Å². The van der Waals surface area contributed by atoms with Gasteiger partial charge in [-0.05, 0) is 85.1 Å². The van der Waals surface area contributed by atoms with Gasteiger partial charge < -0.3 is 15.0 Å². The molecule has 0 saturated heterocycles. The van der Waals surface area contributed by atoms with Gasteiger partial charge in [-0.15, -0.1) is 0 Å². The van der Waals surface area contributed by atoms with Crippen LogP contribution in [0.25, 0.3) is 0 Å². The Balaban J connectivity index is 1.82. The second kappa shape index (κ2) is 16.1. The van der Waals surface area contributed by atoms with Gasteiger partial charge in [0.05, 0.1) is 27.7 Å². The van der Waals surface area contributed by atoms with Gasteiger partial charge in [0.25, 0.3) is 10.0 Å². The summed E-state index contributed by atoms with van der Waals surface area (Å²) in [6, 6.07) is 23.4. The van der Waals surface area contributed by atoms with Crippen molar-refractivity contribution in [2.45, 2.75) is 50.2 Å². The van der Waals surface area contributed by atoms with E-state index in [0.29, 0.717) is 22.8 Å². The molecule has 0 aliphatic heterocycles. The number of nitrogens with one attached hydrogen (secondary N) is 1. The van der Waals surface area contributed by atoms with E-state index < -0.39 is 40.2 Å². The molecule has 2 atom stereocenters. The van der Waals surface area contributed by atoms with Gasteiger partial charge in [0, 0.05) is 19.0 Å². The largest absolute Gasteiger partial charge is 0.497 e. The summed E-state index contributed by atoms with van der Waals surface area (Å²) >= 11 is 12.5. The first kappa shape index (κ1) is 35.7. The third-order valence-corrected chi connectivity index (χ3v) is 10.2. The zero-order chi connectivity index (χ0) is 34.1. The van der Waals surface area contributed by atoms with Crippen LogP contribution in [0.2, 0.25) is 10.0 Å². The number of halogens is 3. The minimum Gasteiger partial charge on any atom is -0.497 e. The molecule has 2 amide bonds. The topological polar surface area (TPSA) is 96.0 Å². The number of hydrogen-bond acceptors (Lipinski definition) is 5. The van der Waals surface area contributed by atoms with Crippen molar-refractivity contribution in [3.63, 3.8) is 0 Å². The summed E-state index contributed by atoms with van der Waals surface area (Å²) in [5, 5.41) is 3.56. The standard InChI is InChI=1S/C35H36Cl2FN3O5S/c1-4-24(2)39-35(43)33(21-25-8-6-5-7-9-25)40(22-26-10-19-31(36)32(37)20-26)34(42)23-41(28-13-11-27(38)12-14-28)47(44,45)30-17-15-29(46-3)16-18-30/h5-20,24,33H,4,21-23H2,1-3H3,(H,39,43)/t24-,33-/m0/s1. The molecule has 47 heavy (non-hydrogen) atoms. The maximum absolute atomic E-state index is 14.5. The number of amides is 2. The van der Waals surface area contributed by atoms with E-state index in [1.807, 2.05) is 44.2 Å². The maximum Gasteiger partial charge on any atom is 0.264 e. The summed E-state index contributed by atoms with van der Waals surface area (Å²) in [6.45, 7) is 3.02. The molecule has 0 radical (unpaired) electrons. The van der Waals surface area contributed by atoms with Crippen molar-refractivity contribution in [2.24, 2.45) is 0 Å². The molecule has 0 spiro atoms. The number of ether oxygens (including phenoxy) is 1. The summed E-state index contributed by atoms with van der Waals surface area (Å²) in [5.74, 6) is -1.20. The molecular weight excluding hydrogens is 664 g/mol. The van der Waals surface area contributed by atoms with E-state index >= 15 is 0 Å². The number of benzene rings is 4. The molecule has 8 nitrogen and oxygen atoms in total. The van der Waals surface area contributed by atoms with Crippen LogP contribution in [-0.4, -0.2) is 50.9 Å². The second-order valence-corrected chi connectivity index (χ2v) is 13.6. The Kier molecular flexibility index (Phi) is 12.3. The Labute approximate surface area is 285 Å². The van der Waals surface area contributed by atoms with Gasteiger partial charge in [-0.25, -0.2) is 12.8 Å². The van der Waals surface area contributed by atoms with Crippen LogP contribution in [0.3, 0.4) is 0 Å². The first-order chi connectivity index (χ1) is 22.4. The Bertz CT molecular complexity index is 1780. The van der Waals surface area contributed by atoms with Crippen LogP contribution < -0.4 is 14.4 Å². The fourth-order valence-corrected chi connectivity index (χ4v) is 6.58. The predicted octanol–water partition coefficient (Wildman–Crippen LogP) is 6.89. The first-order valence-corrected chi connectivity index (χ1v) is 17.1. The molecule has 0 unspecified atom stereocenters. The molecule has 0 heterocycles. The quantitative estimate of drug-likeness (QED) is 0.155. The summed E-state index contributed by atoms with van der Waals surface area (Å²) in [4.78, 5) is 29.7. The average molecular weight is 701 g/mol. The molecule has 12 heteroatoms. The van der Waals surface area contributed by atoms with Crippen LogP contribution in [0.4, 0.5) is 10.1 Å². The Morgan fingerprint density at radius 2 is 1.55 bits per heavy atom. The number of hydrogen-bond donors (Lipinski definition) is 1. The van der Waals surface area contributed by atoms with Crippen molar-refractivity contribution in [3.05, 3.63) is 124 Å². The first-order valence-electron chi connectivity index (χ1n) is 14.9. The van der Waals surface area contributed by atoms with E-state index in [9.17, 15) is 22.4 Å². The lowest BCUT2D eigenvalue weighted by molar-refractivity contribution is -0.140. The molecule has 0 bridgehead atoms. The Morgan fingerprint density at radius 3 is 2.15 bits per heavy atom. The monoisotopic (exact) mass is 699 g/mol. The molecule has 0 aromatic heterocycles. The van der Waals surface area contributed by atoms with E-state index in [1.54, 1.807) is 18.2 Å². The smallest absolute Gasteiger partial charge is 0.264 e. The van der Waals surface area contributed by atoms with Crippen LogP contribution >= 0.6 is 23.2 Å². The zero-order valence-electron chi connectivity index (χ0n) is 26.2. The van der Waals surface area contributed by atoms with Gasteiger partial charge in [-0.1, -0.05) is 66.5 Å². The number of carbonyl (C=O) groups is 2. The van der Waals surface area contributed by atoms with E-state index in [1.165, 1.54) is 48.4 Å². The number of carbonyl (C=O) groups excluding carboxylic acids is 2. The molecule has 0 saturated carbocycles. The van der Waals surface area contributed by atoms with Gasteiger partial charge in [-0.3, -0.25) is 13.9 Å². The molecule has 248 valence electrons. The van der Waals surface area contributed by atoms with Gasteiger partial charge >= 0.3 is 0 Å². The van der Waals surface area contributed by atoms with Gasteiger partial charge in [0.1, 0.15) is 24.2 Å². The highest BCUT2D eigenvalue weighted by molar-refractivity contribution is 7.92. The lowest BCUT2D eigenvalue weighted by atomic mass is 10.0. The number of sulfonamides is 1. The van der Waals surface area contributed by atoms with Gasteiger partial charge in [-0.2, -0.15) is 0 Å². The van der Waals surface area contributed by atoms with E-state index in [-0.39, 0.29) is 34.6 Å². The molecule has 1 N–H and O–H groups in total. The van der Waals surface area contributed by atoms with Crippen LogP contribution in [0.1, 0.15) is 31.4 Å². The SMILES string of the molecule is CC[C@H](C)NC(=O)[C@H](Cc1ccccc1)N(Cc1ccc(Cl)c(Cl)c1)C(=O)CN(c1ccc(F)cc1)S(=O)(=O)c1ccc(OC)cc1. The minimum atomic E-state index is -4.36. The summed E-state index contributed by atoms with van der Waals surface area (Å²) in [6.07, 6.45) is 0.806. The molecular formula is C35H36Cl2FN3O5S. The van der Waals surface area contributed by atoms with Crippen LogP contribution in [0, 0.1) is 5.82 Å². The fourth-order valence-electron chi connectivity index (χ4n) is 4.84. The Morgan fingerprint density at radius 1 is 0.894 bits per heavy atom. The van der Waals surface area contributed by atoms with E-state index in [2.05, 4.69) is 5.32 Å².